The summed E-state index contributed by atoms with van der Waals surface area (Å²) in [6, 6.07) is 5.37. The van der Waals surface area contributed by atoms with Crippen LogP contribution in [0, 0.1) is 11.3 Å². The average molecular weight is 317 g/mol. The summed E-state index contributed by atoms with van der Waals surface area (Å²) in [5.74, 6) is 0.497. The molecule has 2 nitrogen and oxygen atoms in total. The Labute approximate surface area is 115 Å². The molecule has 92 valence electrons. The molecule has 1 saturated carbocycles. The van der Waals surface area contributed by atoms with Crippen LogP contribution in [0.3, 0.4) is 0 Å². The van der Waals surface area contributed by atoms with Crippen LogP contribution in [-0.4, -0.2) is 12.5 Å². The van der Waals surface area contributed by atoms with Gasteiger partial charge in [-0.15, -0.1) is 0 Å². The second-order valence-corrected chi connectivity index (χ2v) is 6.43. The van der Waals surface area contributed by atoms with E-state index >= 15 is 0 Å². The van der Waals surface area contributed by atoms with Crippen molar-refractivity contribution in [2.45, 2.75) is 20.3 Å². The Hall–Kier alpha value is -0.540. The van der Waals surface area contributed by atoms with Gasteiger partial charge in [-0.25, -0.2) is 0 Å². The molecule has 1 unspecified atom stereocenters. The van der Waals surface area contributed by atoms with Gasteiger partial charge < -0.3 is 5.32 Å². The molecule has 4 heteroatoms. The van der Waals surface area contributed by atoms with Crippen molar-refractivity contribution in [3.8, 4) is 0 Å². The quantitative estimate of drug-likeness (QED) is 0.901. The van der Waals surface area contributed by atoms with Crippen molar-refractivity contribution in [2.24, 2.45) is 11.3 Å². The summed E-state index contributed by atoms with van der Waals surface area (Å²) in [5.41, 5.74) is 0.911. The zero-order valence-corrected chi connectivity index (χ0v) is 12.2. The fourth-order valence-corrected chi connectivity index (χ4v) is 2.49. The van der Waals surface area contributed by atoms with Crippen LogP contribution in [0.15, 0.2) is 22.7 Å². The second kappa shape index (κ2) is 4.62. The Kier molecular flexibility index (Phi) is 3.50. The van der Waals surface area contributed by atoms with Gasteiger partial charge in [0, 0.05) is 11.0 Å². The van der Waals surface area contributed by atoms with E-state index in [0.717, 1.165) is 11.0 Å². The van der Waals surface area contributed by atoms with E-state index in [1.165, 1.54) is 6.42 Å². The maximum Gasteiger partial charge on any atom is 0.252 e. The number of carbonyl (C=O) groups excluding carboxylic acids is 1. The highest BCUT2D eigenvalue weighted by atomic mass is 79.9. The number of nitrogens with one attached hydrogen (secondary N) is 1. The molecule has 1 aromatic rings. The molecule has 1 aromatic carbocycles. The zero-order valence-electron chi connectivity index (χ0n) is 9.89. The van der Waals surface area contributed by atoms with Crippen LogP contribution in [0.2, 0.25) is 5.02 Å². The predicted molar refractivity (Wildman–Crippen MR) is 73.4 cm³/mol. The molecule has 0 aromatic heterocycles. The zero-order chi connectivity index (χ0) is 12.6. The fourth-order valence-electron chi connectivity index (χ4n) is 1.91. The molecule has 0 spiro atoms. The molecular formula is C13H15BrClNO. The Morgan fingerprint density at radius 3 is 2.82 bits per heavy atom. The highest BCUT2D eigenvalue weighted by Gasteiger charge is 2.45. The van der Waals surface area contributed by atoms with Gasteiger partial charge in [0.15, 0.2) is 0 Å². The molecule has 1 aliphatic carbocycles. The molecule has 1 N–H and O–H groups in total. The van der Waals surface area contributed by atoms with E-state index in [2.05, 4.69) is 35.1 Å². The minimum atomic E-state index is -0.0981. The number of carbonyl (C=O) groups is 1. The van der Waals surface area contributed by atoms with Crippen LogP contribution in [0.4, 0.5) is 0 Å². The van der Waals surface area contributed by atoms with Crippen molar-refractivity contribution in [2.75, 3.05) is 6.54 Å². The summed E-state index contributed by atoms with van der Waals surface area (Å²) in [7, 11) is 0. The lowest BCUT2D eigenvalue weighted by atomic mass is 10.1. The molecule has 0 saturated heterocycles. The maximum atomic E-state index is 11.9. The molecule has 1 atom stereocenters. The monoisotopic (exact) mass is 315 g/mol. The van der Waals surface area contributed by atoms with E-state index in [1.807, 2.05) is 12.1 Å². The topological polar surface area (TPSA) is 29.1 Å². The van der Waals surface area contributed by atoms with Crippen LogP contribution in [0.1, 0.15) is 30.6 Å². The summed E-state index contributed by atoms with van der Waals surface area (Å²) in [4.78, 5) is 11.9. The lowest BCUT2D eigenvalue weighted by Crippen LogP contribution is -2.26. The first-order valence-electron chi connectivity index (χ1n) is 5.64. The van der Waals surface area contributed by atoms with Gasteiger partial charge in [0.2, 0.25) is 0 Å². The summed E-state index contributed by atoms with van der Waals surface area (Å²) in [5, 5.41) is 3.41. The van der Waals surface area contributed by atoms with Crippen molar-refractivity contribution >= 4 is 33.4 Å². The van der Waals surface area contributed by atoms with E-state index < -0.39 is 0 Å². The third-order valence-corrected chi connectivity index (χ3v) is 4.72. The Bertz CT molecular complexity index is 459. The molecule has 0 aliphatic heterocycles. The highest BCUT2D eigenvalue weighted by Crippen LogP contribution is 2.51. The number of hydrogen-bond acceptors (Lipinski definition) is 1. The molecule has 1 aliphatic rings. The lowest BCUT2D eigenvalue weighted by Gasteiger charge is -2.08. The summed E-state index contributed by atoms with van der Waals surface area (Å²) in [6.07, 6.45) is 1.18. The van der Waals surface area contributed by atoms with Crippen LogP contribution >= 0.6 is 27.5 Å². The summed E-state index contributed by atoms with van der Waals surface area (Å²) in [6.45, 7) is 5.17. The number of hydrogen-bond donors (Lipinski definition) is 1. The summed E-state index contributed by atoms with van der Waals surface area (Å²) >= 11 is 9.38. The molecule has 1 fully saturated rings. The van der Waals surface area contributed by atoms with E-state index in [-0.39, 0.29) is 5.91 Å². The van der Waals surface area contributed by atoms with Gasteiger partial charge in [-0.3, -0.25) is 4.79 Å². The Morgan fingerprint density at radius 2 is 2.24 bits per heavy atom. The number of benzene rings is 1. The highest BCUT2D eigenvalue weighted by molar-refractivity contribution is 9.10. The third-order valence-electron chi connectivity index (χ3n) is 3.42. The molecule has 17 heavy (non-hydrogen) atoms. The van der Waals surface area contributed by atoms with Crippen molar-refractivity contribution in [3.63, 3.8) is 0 Å². The SMILES string of the molecule is CC1(C)CC1CNC(=O)c1cccc(Br)c1Cl. The number of amides is 1. The van der Waals surface area contributed by atoms with Gasteiger partial charge in [0.05, 0.1) is 10.6 Å². The normalized spacial score (nSPS) is 21.1. The van der Waals surface area contributed by atoms with Crippen LogP contribution in [0.5, 0.6) is 0 Å². The molecule has 2 rings (SSSR count). The largest absolute Gasteiger partial charge is 0.352 e. The molecule has 0 heterocycles. The smallest absolute Gasteiger partial charge is 0.252 e. The van der Waals surface area contributed by atoms with Gasteiger partial charge >= 0.3 is 0 Å². The van der Waals surface area contributed by atoms with Crippen LogP contribution in [-0.2, 0) is 0 Å². The van der Waals surface area contributed by atoms with Crippen LogP contribution < -0.4 is 5.32 Å². The first kappa shape index (κ1) is 12.9. The molecule has 0 radical (unpaired) electrons. The predicted octanol–water partition coefficient (Wildman–Crippen LogP) is 3.88. The van der Waals surface area contributed by atoms with Crippen molar-refractivity contribution < 1.29 is 4.79 Å². The van der Waals surface area contributed by atoms with Gasteiger partial charge in [-0.2, -0.15) is 0 Å². The van der Waals surface area contributed by atoms with Crippen molar-refractivity contribution in [1.29, 1.82) is 0 Å². The standard InChI is InChI=1S/C13H15BrClNO/c1-13(2)6-8(13)7-16-12(17)9-4-3-5-10(14)11(9)15/h3-5,8H,6-7H2,1-2H3,(H,16,17). The average Bonchev–Trinajstić information content (AvgIpc) is 2.87. The minimum absolute atomic E-state index is 0.0981. The maximum absolute atomic E-state index is 11.9. The van der Waals surface area contributed by atoms with Gasteiger partial charge in [-0.05, 0) is 45.8 Å². The van der Waals surface area contributed by atoms with Gasteiger partial charge in [0.1, 0.15) is 0 Å². The minimum Gasteiger partial charge on any atom is -0.352 e. The molecule has 0 bridgehead atoms. The number of halogens is 2. The fraction of sp³-hybridized carbons (Fsp3) is 0.462. The third kappa shape index (κ3) is 2.83. The van der Waals surface area contributed by atoms with Crippen LogP contribution in [0.25, 0.3) is 0 Å². The molecule has 1 amide bonds. The van der Waals surface area contributed by atoms with E-state index in [1.54, 1.807) is 6.07 Å². The Morgan fingerprint density at radius 1 is 1.59 bits per heavy atom. The summed E-state index contributed by atoms with van der Waals surface area (Å²) < 4.78 is 0.749. The van der Waals surface area contributed by atoms with E-state index in [9.17, 15) is 4.79 Å². The first-order chi connectivity index (χ1) is 7.92. The Balaban J connectivity index is 1.98. The lowest BCUT2D eigenvalue weighted by molar-refractivity contribution is 0.0950. The van der Waals surface area contributed by atoms with Crippen molar-refractivity contribution in [3.05, 3.63) is 33.3 Å². The van der Waals surface area contributed by atoms with E-state index in [4.69, 9.17) is 11.6 Å². The van der Waals surface area contributed by atoms with Gasteiger partial charge in [-0.1, -0.05) is 31.5 Å². The second-order valence-electron chi connectivity index (χ2n) is 5.20. The number of rotatable bonds is 3. The van der Waals surface area contributed by atoms with Crippen molar-refractivity contribution in [1.82, 2.24) is 5.32 Å². The van der Waals surface area contributed by atoms with Gasteiger partial charge in [0.25, 0.3) is 5.91 Å². The van der Waals surface area contributed by atoms with E-state index in [0.29, 0.717) is 21.9 Å². The molecular weight excluding hydrogens is 302 g/mol. The first-order valence-corrected chi connectivity index (χ1v) is 6.81.